The van der Waals surface area contributed by atoms with Crippen molar-refractivity contribution < 1.29 is 4.79 Å². The summed E-state index contributed by atoms with van der Waals surface area (Å²) in [7, 11) is 1.99. The molecule has 0 saturated carbocycles. The van der Waals surface area contributed by atoms with E-state index >= 15 is 0 Å². The Morgan fingerprint density at radius 3 is 2.78 bits per heavy atom. The van der Waals surface area contributed by atoms with Crippen molar-refractivity contribution in [3.05, 3.63) is 0 Å². The summed E-state index contributed by atoms with van der Waals surface area (Å²) in [5.74, 6) is 2.28. The largest absolute Gasteiger partial charge is 0.331 e. The van der Waals surface area contributed by atoms with Crippen LogP contribution in [-0.2, 0) is 4.79 Å². The van der Waals surface area contributed by atoms with Crippen molar-refractivity contribution in [2.24, 2.45) is 0 Å². The third-order valence-electron chi connectivity index (χ3n) is 1.57. The first-order valence-electron chi connectivity index (χ1n) is 3.00. The number of nitrogens with zero attached hydrogens (tertiary/aromatic N) is 1. The van der Waals surface area contributed by atoms with E-state index in [1.165, 1.54) is 0 Å². The molecule has 0 aliphatic carbocycles. The predicted molar refractivity (Wildman–Crippen MR) is 42.2 cm³/mol. The number of Topliss-reactive ketones (excluding diaryl/α,β-unsaturated/α-hetero) is 1. The molecule has 4 heteroatoms. The minimum absolute atomic E-state index is 0.190. The Bertz CT molecular complexity index is 130. The first kappa shape index (κ1) is 7.16. The highest BCUT2D eigenvalue weighted by Gasteiger charge is 2.24. The second-order valence-corrected chi connectivity index (χ2v) is 3.38. The SMILES string of the molecule is BN1CSC[C@@H]1C(C)=O. The number of carbonyl (C=O) groups is 1. The molecule has 1 atom stereocenters. The van der Waals surface area contributed by atoms with Gasteiger partial charge in [-0.05, 0) is 6.92 Å². The second kappa shape index (κ2) is 2.75. The molecule has 0 radical (unpaired) electrons. The van der Waals surface area contributed by atoms with Gasteiger partial charge < -0.3 is 4.81 Å². The smallest absolute Gasteiger partial charge is 0.187 e. The third kappa shape index (κ3) is 1.49. The van der Waals surface area contributed by atoms with Crippen LogP contribution in [0.15, 0.2) is 0 Å². The topological polar surface area (TPSA) is 20.3 Å². The lowest BCUT2D eigenvalue weighted by Gasteiger charge is -2.14. The van der Waals surface area contributed by atoms with E-state index in [0.717, 1.165) is 11.6 Å². The highest BCUT2D eigenvalue weighted by atomic mass is 32.2. The molecule has 1 fully saturated rings. The summed E-state index contributed by atoms with van der Waals surface area (Å²) >= 11 is 1.82. The van der Waals surface area contributed by atoms with Crippen molar-refractivity contribution in [2.45, 2.75) is 13.0 Å². The van der Waals surface area contributed by atoms with Crippen LogP contribution in [0.5, 0.6) is 0 Å². The molecule has 1 aliphatic rings. The van der Waals surface area contributed by atoms with Crippen molar-refractivity contribution in [2.75, 3.05) is 11.6 Å². The van der Waals surface area contributed by atoms with Crippen molar-refractivity contribution in [3.63, 3.8) is 0 Å². The van der Waals surface area contributed by atoms with Gasteiger partial charge in [0.2, 0.25) is 0 Å². The molecule has 0 aromatic heterocycles. The van der Waals surface area contributed by atoms with Gasteiger partial charge in [0.15, 0.2) is 7.98 Å². The number of thioether (sulfide) groups is 1. The first-order valence-corrected chi connectivity index (χ1v) is 4.15. The molecule has 2 nitrogen and oxygen atoms in total. The Kier molecular flexibility index (Phi) is 2.19. The summed E-state index contributed by atoms with van der Waals surface area (Å²) < 4.78 is 0. The highest BCUT2D eigenvalue weighted by molar-refractivity contribution is 7.99. The molecule has 1 saturated heterocycles. The number of rotatable bonds is 1. The molecule has 1 rings (SSSR count). The van der Waals surface area contributed by atoms with Gasteiger partial charge >= 0.3 is 0 Å². The predicted octanol–water partition coefficient (Wildman–Crippen LogP) is -0.502. The monoisotopic (exact) mass is 143 g/mol. The molecule has 0 N–H and O–H groups in total. The number of hydrogen-bond acceptors (Lipinski definition) is 3. The number of carbonyl (C=O) groups excluding carboxylic acids is 1. The molecule has 1 aliphatic heterocycles. The van der Waals surface area contributed by atoms with E-state index in [1.54, 1.807) is 6.92 Å². The number of hydrogen-bond donors (Lipinski definition) is 0. The van der Waals surface area contributed by atoms with Gasteiger partial charge in [-0.25, -0.2) is 0 Å². The lowest BCUT2D eigenvalue weighted by molar-refractivity contribution is -0.119. The van der Waals surface area contributed by atoms with Crippen molar-refractivity contribution in [3.8, 4) is 0 Å². The van der Waals surface area contributed by atoms with Gasteiger partial charge in [-0.15, -0.1) is 11.8 Å². The van der Waals surface area contributed by atoms with Crippen molar-refractivity contribution in [1.29, 1.82) is 0 Å². The molecule has 0 amide bonds. The van der Waals surface area contributed by atoms with Crippen LogP contribution >= 0.6 is 11.8 Å². The highest BCUT2D eigenvalue weighted by Crippen LogP contribution is 2.18. The maximum absolute atomic E-state index is 10.8. The van der Waals surface area contributed by atoms with E-state index in [1.807, 2.05) is 19.7 Å². The van der Waals surface area contributed by atoms with Gasteiger partial charge in [0.25, 0.3) is 0 Å². The fourth-order valence-electron chi connectivity index (χ4n) is 0.953. The molecule has 0 bridgehead atoms. The zero-order chi connectivity index (χ0) is 6.85. The van der Waals surface area contributed by atoms with E-state index in [2.05, 4.69) is 4.81 Å². The molecular weight excluding hydrogens is 133 g/mol. The Morgan fingerprint density at radius 2 is 2.56 bits per heavy atom. The maximum Gasteiger partial charge on any atom is 0.187 e. The summed E-state index contributed by atoms with van der Waals surface area (Å²) in [6.45, 7) is 1.66. The van der Waals surface area contributed by atoms with E-state index in [9.17, 15) is 4.79 Å². The van der Waals surface area contributed by atoms with E-state index < -0.39 is 0 Å². The first-order chi connectivity index (χ1) is 4.22. The minimum atomic E-state index is 0.190. The van der Waals surface area contributed by atoms with Crippen LogP contribution in [0, 0.1) is 0 Å². The van der Waals surface area contributed by atoms with Crippen LogP contribution < -0.4 is 0 Å². The van der Waals surface area contributed by atoms with Crippen molar-refractivity contribution in [1.82, 2.24) is 4.81 Å². The number of ketones is 1. The van der Waals surface area contributed by atoms with Crippen LogP contribution in [0.4, 0.5) is 0 Å². The Hall–Kier alpha value is 0.0449. The van der Waals surface area contributed by atoms with Gasteiger partial charge in [0, 0.05) is 11.6 Å². The summed E-state index contributed by atoms with van der Waals surface area (Å²) in [6, 6.07) is 0.190. The van der Waals surface area contributed by atoms with Crippen LogP contribution in [0.3, 0.4) is 0 Å². The zero-order valence-electron chi connectivity index (χ0n) is 5.76. The Balaban J connectivity index is 2.49. The normalized spacial score (nSPS) is 28.8. The van der Waals surface area contributed by atoms with Gasteiger partial charge in [0.1, 0.15) is 5.78 Å². The van der Waals surface area contributed by atoms with Crippen LogP contribution in [0.25, 0.3) is 0 Å². The molecule has 0 spiro atoms. The molecule has 0 aromatic carbocycles. The third-order valence-corrected chi connectivity index (χ3v) is 2.71. The summed E-state index contributed by atoms with van der Waals surface area (Å²) in [5.41, 5.74) is 0. The Labute approximate surface area is 60.4 Å². The standard InChI is InChI=1S/C5H10BNOS/c1-4(8)5-2-9-3-7(5)6/h5H,2-3,6H2,1H3/t5-/m1/s1. The summed E-state index contributed by atoms with van der Waals surface area (Å²) in [5, 5.41) is 0. The van der Waals surface area contributed by atoms with Gasteiger partial charge in [-0.2, -0.15) is 0 Å². The minimum Gasteiger partial charge on any atom is -0.331 e. The average Bonchev–Trinajstić information content (AvgIpc) is 2.13. The van der Waals surface area contributed by atoms with Gasteiger partial charge in [-0.3, -0.25) is 4.79 Å². The molecule has 1 heterocycles. The van der Waals surface area contributed by atoms with Crippen LogP contribution in [0.1, 0.15) is 6.92 Å². The van der Waals surface area contributed by atoms with E-state index in [0.29, 0.717) is 5.78 Å². The van der Waals surface area contributed by atoms with Gasteiger partial charge in [-0.1, -0.05) is 0 Å². The molecule has 0 unspecified atom stereocenters. The van der Waals surface area contributed by atoms with Crippen molar-refractivity contribution >= 4 is 25.5 Å². The van der Waals surface area contributed by atoms with Crippen LogP contribution in [0.2, 0.25) is 0 Å². The second-order valence-electron chi connectivity index (χ2n) is 2.38. The van der Waals surface area contributed by atoms with E-state index in [4.69, 9.17) is 0 Å². The summed E-state index contributed by atoms with van der Waals surface area (Å²) in [6.07, 6.45) is 0. The fourth-order valence-corrected chi connectivity index (χ4v) is 2.24. The van der Waals surface area contributed by atoms with E-state index in [-0.39, 0.29) is 6.04 Å². The maximum atomic E-state index is 10.8. The lowest BCUT2D eigenvalue weighted by atomic mass is 10.1. The molecule has 9 heavy (non-hydrogen) atoms. The Morgan fingerprint density at radius 1 is 1.89 bits per heavy atom. The van der Waals surface area contributed by atoms with Gasteiger partial charge in [0.05, 0.1) is 6.04 Å². The molecule has 0 aromatic rings. The zero-order valence-corrected chi connectivity index (χ0v) is 6.57. The lowest BCUT2D eigenvalue weighted by Crippen LogP contribution is -2.34. The fraction of sp³-hybridized carbons (Fsp3) is 0.800. The summed E-state index contributed by atoms with van der Waals surface area (Å²) in [4.78, 5) is 12.9. The van der Waals surface area contributed by atoms with Crippen LogP contribution in [-0.4, -0.2) is 36.2 Å². The molecule has 50 valence electrons. The average molecular weight is 143 g/mol. The quantitative estimate of drug-likeness (QED) is 0.461. The molecular formula is C5H10BNOS.